The van der Waals surface area contributed by atoms with E-state index in [1.54, 1.807) is 30.3 Å². The van der Waals surface area contributed by atoms with E-state index in [-0.39, 0.29) is 18.2 Å². The van der Waals surface area contributed by atoms with Crippen molar-refractivity contribution in [3.8, 4) is 5.75 Å². The van der Waals surface area contributed by atoms with E-state index in [0.717, 1.165) is 5.56 Å². The lowest BCUT2D eigenvalue weighted by Gasteiger charge is -2.13. The quantitative estimate of drug-likeness (QED) is 0.599. The number of benzene rings is 2. The van der Waals surface area contributed by atoms with Gasteiger partial charge in [-0.15, -0.1) is 0 Å². The smallest absolute Gasteiger partial charge is 0.491 e. The zero-order valence-electron chi connectivity index (χ0n) is 12.3. The molecule has 4 N–H and O–H groups in total. The van der Waals surface area contributed by atoms with Crippen LogP contribution in [0.3, 0.4) is 0 Å². The second kappa shape index (κ2) is 6.41. The van der Waals surface area contributed by atoms with Crippen molar-refractivity contribution in [2.75, 3.05) is 6.54 Å². The molecule has 23 heavy (non-hydrogen) atoms. The number of hydrogen-bond donors (Lipinski definition) is 4. The number of phenolic OH excluding ortho intramolecular Hbond substituents is 1. The van der Waals surface area contributed by atoms with Crippen molar-refractivity contribution in [2.24, 2.45) is 0 Å². The first kappa shape index (κ1) is 15.5. The molecular formula is C16H16BNO5. The first-order valence-corrected chi connectivity index (χ1v) is 7.22. The number of aromatic hydroxyl groups is 1. The van der Waals surface area contributed by atoms with Gasteiger partial charge in [-0.3, -0.25) is 4.79 Å². The van der Waals surface area contributed by atoms with Gasteiger partial charge < -0.3 is 25.2 Å². The van der Waals surface area contributed by atoms with E-state index >= 15 is 0 Å². The second-order valence-corrected chi connectivity index (χ2v) is 5.39. The first-order chi connectivity index (χ1) is 11.0. The Morgan fingerprint density at radius 1 is 1.26 bits per heavy atom. The van der Waals surface area contributed by atoms with E-state index in [9.17, 15) is 20.0 Å². The van der Waals surface area contributed by atoms with E-state index < -0.39 is 13.2 Å². The Balaban J connectivity index is 1.63. The van der Waals surface area contributed by atoms with Crippen molar-refractivity contribution < 1.29 is 24.7 Å². The third kappa shape index (κ3) is 3.37. The number of aliphatic hydroxyl groups excluding tert-OH is 1. The molecule has 118 valence electrons. The van der Waals surface area contributed by atoms with Crippen molar-refractivity contribution >= 4 is 18.5 Å². The molecule has 6 nitrogen and oxygen atoms in total. The highest BCUT2D eigenvalue weighted by Crippen LogP contribution is 2.16. The van der Waals surface area contributed by atoms with Crippen molar-refractivity contribution in [1.82, 2.24) is 5.32 Å². The lowest BCUT2D eigenvalue weighted by molar-refractivity contribution is 0.0916. The summed E-state index contributed by atoms with van der Waals surface area (Å²) in [4.78, 5) is 12.2. The van der Waals surface area contributed by atoms with Gasteiger partial charge in [0.1, 0.15) is 5.75 Å². The topological polar surface area (TPSA) is 99.0 Å². The molecule has 1 unspecified atom stereocenters. The zero-order chi connectivity index (χ0) is 16.4. The van der Waals surface area contributed by atoms with Crippen LogP contribution in [-0.4, -0.2) is 34.8 Å². The number of carbonyl (C=O) groups is 1. The number of fused-ring (bicyclic) bond motifs is 1. The van der Waals surface area contributed by atoms with Crippen LogP contribution in [0, 0.1) is 0 Å². The van der Waals surface area contributed by atoms with E-state index in [1.807, 2.05) is 0 Å². The summed E-state index contributed by atoms with van der Waals surface area (Å²) in [5, 5.41) is 31.6. The molecule has 0 fully saturated rings. The van der Waals surface area contributed by atoms with Crippen molar-refractivity contribution in [1.29, 1.82) is 0 Å². The minimum atomic E-state index is -1.000. The van der Waals surface area contributed by atoms with E-state index in [1.165, 1.54) is 12.1 Å². The van der Waals surface area contributed by atoms with E-state index in [2.05, 4.69) is 5.32 Å². The number of aliphatic hydroxyl groups is 1. The Hall–Kier alpha value is -2.35. The summed E-state index contributed by atoms with van der Waals surface area (Å²) in [7, 11) is -1.000. The van der Waals surface area contributed by atoms with Gasteiger partial charge in [0.25, 0.3) is 5.91 Å². The molecule has 1 heterocycles. The highest BCUT2D eigenvalue weighted by atomic mass is 16.5. The molecule has 7 heteroatoms. The summed E-state index contributed by atoms with van der Waals surface area (Å²) in [5.74, 6) is -0.228. The molecular weight excluding hydrogens is 297 g/mol. The maximum atomic E-state index is 12.2. The number of phenols is 1. The molecule has 1 atom stereocenters. The fraction of sp³-hybridized carbons (Fsp3) is 0.188. The molecule has 1 amide bonds. The second-order valence-electron chi connectivity index (χ2n) is 5.39. The Kier molecular flexibility index (Phi) is 4.34. The Bertz CT molecular complexity index is 719. The zero-order valence-corrected chi connectivity index (χ0v) is 12.3. The fourth-order valence-electron chi connectivity index (χ4n) is 2.46. The fourth-order valence-corrected chi connectivity index (χ4v) is 2.46. The van der Waals surface area contributed by atoms with Gasteiger partial charge >= 0.3 is 7.12 Å². The Morgan fingerprint density at radius 2 is 2.00 bits per heavy atom. The van der Waals surface area contributed by atoms with Gasteiger partial charge in [0.2, 0.25) is 0 Å². The lowest BCUT2D eigenvalue weighted by atomic mass is 9.79. The number of hydrogen-bond acceptors (Lipinski definition) is 5. The van der Waals surface area contributed by atoms with Gasteiger partial charge in [-0.1, -0.05) is 18.2 Å². The standard InChI is InChI=1S/C16H16BNO5/c19-13-5-3-10(4-6-13)15(20)8-18-16(21)11-1-2-12-9-23-17(22)14(12)7-11/h1-7,15,19-20,22H,8-9H2,(H,18,21). The highest BCUT2D eigenvalue weighted by Gasteiger charge is 2.28. The number of carbonyl (C=O) groups excluding carboxylic acids is 1. The van der Waals surface area contributed by atoms with Gasteiger partial charge in [0.05, 0.1) is 12.7 Å². The molecule has 0 saturated heterocycles. The SMILES string of the molecule is O=C(NCC(O)c1ccc(O)cc1)c1ccc2c(c1)B(O)OC2. The Morgan fingerprint density at radius 3 is 2.74 bits per heavy atom. The summed E-state index contributed by atoms with van der Waals surface area (Å²) in [5.41, 5.74) is 2.45. The minimum Gasteiger partial charge on any atom is -0.508 e. The molecule has 0 aromatic heterocycles. The van der Waals surface area contributed by atoms with Crippen LogP contribution in [0.5, 0.6) is 5.75 Å². The normalized spacial score (nSPS) is 14.4. The maximum absolute atomic E-state index is 12.2. The molecule has 2 aromatic carbocycles. The largest absolute Gasteiger partial charge is 0.508 e. The minimum absolute atomic E-state index is 0.0414. The third-order valence-corrected chi connectivity index (χ3v) is 3.80. The van der Waals surface area contributed by atoms with Crippen LogP contribution in [0.1, 0.15) is 27.6 Å². The van der Waals surface area contributed by atoms with E-state index in [0.29, 0.717) is 23.2 Å². The molecule has 0 aliphatic carbocycles. The van der Waals surface area contributed by atoms with Crippen LogP contribution in [0.25, 0.3) is 0 Å². The van der Waals surface area contributed by atoms with Crippen LogP contribution in [0.2, 0.25) is 0 Å². The molecule has 2 aromatic rings. The van der Waals surface area contributed by atoms with Crippen LogP contribution >= 0.6 is 0 Å². The van der Waals surface area contributed by atoms with Gasteiger partial charge in [-0.2, -0.15) is 0 Å². The van der Waals surface area contributed by atoms with Crippen LogP contribution in [-0.2, 0) is 11.3 Å². The van der Waals surface area contributed by atoms with Gasteiger partial charge in [0, 0.05) is 12.1 Å². The van der Waals surface area contributed by atoms with Crippen LogP contribution < -0.4 is 10.8 Å². The van der Waals surface area contributed by atoms with E-state index in [4.69, 9.17) is 4.65 Å². The van der Waals surface area contributed by atoms with Crippen molar-refractivity contribution in [2.45, 2.75) is 12.7 Å². The summed E-state index contributed by atoms with van der Waals surface area (Å²) in [6.07, 6.45) is -0.872. The summed E-state index contributed by atoms with van der Waals surface area (Å²) in [6, 6.07) is 11.1. The number of nitrogens with one attached hydrogen (secondary N) is 1. The predicted octanol–water partition coefficient (Wildman–Crippen LogP) is 0.0733. The summed E-state index contributed by atoms with van der Waals surface area (Å²) in [6.45, 7) is 0.373. The lowest BCUT2D eigenvalue weighted by Crippen LogP contribution is -2.32. The first-order valence-electron chi connectivity index (χ1n) is 7.22. The van der Waals surface area contributed by atoms with Crippen LogP contribution in [0.15, 0.2) is 42.5 Å². The number of rotatable bonds is 4. The predicted molar refractivity (Wildman–Crippen MR) is 84.2 cm³/mol. The molecule has 0 bridgehead atoms. The average Bonchev–Trinajstić information content (AvgIpc) is 2.93. The third-order valence-electron chi connectivity index (χ3n) is 3.80. The Labute approximate surface area is 133 Å². The molecule has 0 saturated carbocycles. The van der Waals surface area contributed by atoms with Gasteiger partial charge in [-0.05, 0) is 40.9 Å². The molecule has 3 rings (SSSR count). The van der Waals surface area contributed by atoms with Crippen molar-refractivity contribution in [3.63, 3.8) is 0 Å². The van der Waals surface area contributed by atoms with Crippen LogP contribution in [0.4, 0.5) is 0 Å². The molecule has 0 radical (unpaired) electrons. The molecule has 0 spiro atoms. The maximum Gasteiger partial charge on any atom is 0.491 e. The average molecular weight is 313 g/mol. The monoisotopic (exact) mass is 313 g/mol. The van der Waals surface area contributed by atoms with Gasteiger partial charge in [0.15, 0.2) is 0 Å². The molecule has 1 aliphatic heterocycles. The highest BCUT2D eigenvalue weighted by molar-refractivity contribution is 6.61. The summed E-state index contributed by atoms with van der Waals surface area (Å²) < 4.78 is 5.09. The molecule has 1 aliphatic rings. The number of amides is 1. The summed E-state index contributed by atoms with van der Waals surface area (Å²) >= 11 is 0. The van der Waals surface area contributed by atoms with Gasteiger partial charge in [-0.25, -0.2) is 0 Å². The van der Waals surface area contributed by atoms with Crippen molar-refractivity contribution in [3.05, 3.63) is 59.2 Å².